The average Bonchev–Trinajstić information content (AvgIpc) is 2.79. The Morgan fingerprint density at radius 1 is 1.05 bits per heavy atom. The lowest BCUT2D eigenvalue weighted by Gasteiger charge is -2.51. The van der Waals surface area contributed by atoms with Crippen molar-refractivity contribution in [2.75, 3.05) is 0 Å². The molecule has 2 saturated carbocycles. The standard InChI is InChI=1S/C27H31F6NO3/c1-14(34-22-13-20(24(35)36)25(22,2)3)15-4-10-19-16(12-15)5-11-21(23(19)27(31,32)33)37-18-8-6-17(7-9-18)26(28,29)30/h4-5,10-12,14,17-18,20,22,34H,6-9,13H2,1-3H3,(H,35,36)/t14-,17?,18?,20?,22?/m1/s1. The first-order valence-electron chi connectivity index (χ1n) is 12.4. The largest absolute Gasteiger partial charge is 0.490 e. The van der Waals surface area contributed by atoms with Gasteiger partial charge in [0, 0.05) is 12.1 Å². The topological polar surface area (TPSA) is 58.6 Å². The number of benzene rings is 2. The number of carboxylic acid groups (broad SMARTS) is 1. The minimum Gasteiger partial charge on any atom is -0.490 e. The maximum atomic E-state index is 14.1. The van der Waals surface area contributed by atoms with Crippen LogP contribution in [0.15, 0.2) is 30.3 Å². The molecule has 0 aliphatic heterocycles. The molecule has 0 radical (unpaired) electrons. The van der Waals surface area contributed by atoms with Gasteiger partial charge in [-0.1, -0.05) is 32.0 Å². The maximum Gasteiger partial charge on any atom is 0.420 e. The minimum absolute atomic E-state index is 0.0418. The summed E-state index contributed by atoms with van der Waals surface area (Å²) in [6, 6.07) is 7.17. The van der Waals surface area contributed by atoms with Gasteiger partial charge in [-0.3, -0.25) is 4.79 Å². The molecular formula is C27H31F6NO3. The van der Waals surface area contributed by atoms with Gasteiger partial charge in [0.25, 0.3) is 0 Å². The molecule has 2 aliphatic rings. The number of halogens is 6. The third-order valence-electron chi connectivity index (χ3n) is 8.24. The number of ether oxygens (including phenoxy) is 1. The Balaban J connectivity index is 1.54. The SMILES string of the molecule is C[C@@H](NC1CC(C(=O)O)C1(C)C)c1ccc2c(C(F)(F)F)c(OC3CCC(C(F)(F)F)CC3)ccc2c1. The maximum absolute atomic E-state index is 14.1. The molecule has 0 bridgehead atoms. The van der Waals surface area contributed by atoms with Gasteiger partial charge in [-0.15, -0.1) is 0 Å². The number of rotatable bonds is 6. The number of fused-ring (bicyclic) bond motifs is 1. The Morgan fingerprint density at radius 3 is 2.24 bits per heavy atom. The molecule has 2 fully saturated rings. The van der Waals surface area contributed by atoms with E-state index in [2.05, 4.69) is 5.32 Å². The lowest BCUT2D eigenvalue weighted by molar-refractivity contribution is -0.185. The van der Waals surface area contributed by atoms with Crippen molar-refractivity contribution < 1.29 is 41.0 Å². The lowest BCUT2D eigenvalue weighted by atomic mass is 9.58. The quantitative estimate of drug-likeness (QED) is 0.379. The molecule has 10 heteroatoms. The summed E-state index contributed by atoms with van der Waals surface area (Å²) in [6.45, 7) is 5.64. The third-order valence-corrected chi connectivity index (χ3v) is 8.24. The smallest absolute Gasteiger partial charge is 0.420 e. The van der Waals surface area contributed by atoms with E-state index in [9.17, 15) is 36.2 Å². The average molecular weight is 532 g/mol. The second kappa shape index (κ2) is 9.67. The first kappa shape index (κ1) is 27.5. The van der Waals surface area contributed by atoms with E-state index in [1.165, 1.54) is 18.2 Å². The molecule has 37 heavy (non-hydrogen) atoms. The van der Waals surface area contributed by atoms with Crippen LogP contribution in [0.5, 0.6) is 5.75 Å². The fourth-order valence-corrected chi connectivity index (χ4v) is 5.70. The van der Waals surface area contributed by atoms with Crippen LogP contribution in [-0.4, -0.2) is 29.4 Å². The van der Waals surface area contributed by atoms with Gasteiger partial charge in [0.2, 0.25) is 0 Å². The van der Waals surface area contributed by atoms with E-state index in [-0.39, 0.29) is 48.9 Å². The van der Waals surface area contributed by atoms with E-state index in [0.29, 0.717) is 11.8 Å². The molecule has 2 N–H and O–H groups in total. The molecular weight excluding hydrogens is 500 g/mol. The Bertz CT molecular complexity index is 1150. The van der Waals surface area contributed by atoms with Crippen LogP contribution >= 0.6 is 0 Å². The second-order valence-corrected chi connectivity index (χ2v) is 10.9. The molecule has 3 atom stereocenters. The summed E-state index contributed by atoms with van der Waals surface area (Å²) in [5, 5.41) is 13.1. The van der Waals surface area contributed by atoms with Gasteiger partial charge in [0.15, 0.2) is 0 Å². The van der Waals surface area contributed by atoms with Gasteiger partial charge in [-0.25, -0.2) is 0 Å². The molecule has 204 valence electrons. The molecule has 4 rings (SSSR count). The van der Waals surface area contributed by atoms with E-state index in [1.807, 2.05) is 20.8 Å². The molecule has 2 aromatic rings. The second-order valence-electron chi connectivity index (χ2n) is 10.9. The van der Waals surface area contributed by atoms with E-state index in [4.69, 9.17) is 4.74 Å². The molecule has 0 saturated heterocycles. The van der Waals surface area contributed by atoms with Crippen molar-refractivity contribution in [3.05, 3.63) is 41.5 Å². The molecule has 0 heterocycles. The highest BCUT2D eigenvalue weighted by Gasteiger charge is 2.52. The summed E-state index contributed by atoms with van der Waals surface area (Å²) in [4.78, 5) is 11.4. The fraction of sp³-hybridized carbons (Fsp3) is 0.593. The number of carboxylic acids is 1. The summed E-state index contributed by atoms with van der Waals surface area (Å²) in [5.41, 5.74) is -0.625. The summed E-state index contributed by atoms with van der Waals surface area (Å²) in [6.07, 6.45) is -9.49. The Kier molecular flexibility index (Phi) is 7.20. The van der Waals surface area contributed by atoms with Crippen molar-refractivity contribution in [1.82, 2.24) is 5.32 Å². The van der Waals surface area contributed by atoms with E-state index in [0.717, 1.165) is 5.56 Å². The van der Waals surface area contributed by atoms with Crippen molar-refractivity contribution in [2.45, 2.75) is 83.4 Å². The summed E-state index contributed by atoms with van der Waals surface area (Å²) in [5.74, 6) is -3.11. The van der Waals surface area contributed by atoms with Crippen LogP contribution in [0.4, 0.5) is 26.3 Å². The van der Waals surface area contributed by atoms with Crippen LogP contribution in [0.2, 0.25) is 0 Å². The van der Waals surface area contributed by atoms with E-state index in [1.54, 1.807) is 12.1 Å². The summed E-state index contributed by atoms with van der Waals surface area (Å²) in [7, 11) is 0. The van der Waals surface area contributed by atoms with Gasteiger partial charge < -0.3 is 15.2 Å². The van der Waals surface area contributed by atoms with Crippen molar-refractivity contribution in [3.63, 3.8) is 0 Å². The summed E-state index contributed by atoms with van der Waals surface area (Å²) < 4.78 is 86.9. The highest BCUT2D eigenvalue weighted by atomic mass is 19.4. The highest BCUT2D eigenvalue weighted by Crippen LogP contribution is 2.48. The summed E-state index contributed by atoms with van der Waals surface area (Å²) >= 11 is 0. The first-order valence-corrected chi connectivity index (χ1v) is 12.4. The van der Waals surface area contributed by atoms with E-state index >= 15 is 0 Å². The van der Waals surface area contributed by atoms with Gasteiger partial charge in [0.05, 0.1) is 17.9 Å². The predicted molar refractivity (Wildman–Crippen MR) is 126 cm³/mol. The van der Waals surface area contributed by atoms with Gasteiger partial charge >= 0.3 is 18.3 Å². The number of hydrogen-bond acceptors (Lipinski definition) is 3. The van der Waals surface area contributed by atoms with Crippen molar-refractivity contribution in [3.8, 4) is 5.75 Å². The van der Waals surface area contributed by atoms with Crippen LogP contribution in [0.3, 0.4) is 0 Å². The van der Waals surface area contributed by atoms with Crippen LogP contribution in [0.1, 0.15) is 70.0 Å². The molecule has 0 spiro atoms. The Morgan fingerprint density at radius 2 is 1.70 bits per heavy atom. The van der Waals surface area contributed by atoms with Crippen LogP contribution in [0, 0.1) is 17.3 Å². The highest BCUT2D eigenvalue weighted by molar-refractivity contribution is 5.89. The lowest BCUT2D eigenvalue weighted by Crippen LogP contribution is -2.59. The normalized spacial score (nSPS) is 26.9. The van der Waals surface area contributed by atoms with Crippen molar-refractivity contribution in [2.24, 2.45) is 17.3 Å². The Hall–Kier alpha value is -2.49. The van der Waals surface area contributed by atoms with Crippen LogP contribution in [-0.2, 0) is 11.0 Å². The fourth-order valence-electron chi connectivity index (χ4n) is 5.70. The first-order chi connectivity index (χ1) is 17.1. The number of nitrogens with one attached hydrogen (secondary N) is 1. The number of carbonyl (C=O) groups is 1. The molecule has 2 aromatic carbocycles. The van der Waals surface area contributed by atoms with Gasteiger partial charge in [0.1, 0.15) is 11.3 Å². The number of aliphatic carboxylic acids is 1. The zero-order chi connectivity index (χ0) is 27.3. The van der Waals surface area contributed by atoms with E-state index < -0.39 is 47.2 Å². The molecule has 0 aromatic heterocycles. The van der Waals surface area contributed by atoms with Crippen LogP contribution in [0.25, 0.3) is 10.8 Å². The molecule has 4 nitrogen and oxygen atoms in total. The van der Waals surface area contributed by atoms with Gasteiger partial charge in [-0.05, 0) is 72.9 Å². The molecule has 0 amide bonds. The zero-order valence-corrected chi connectivity index (χ0v) is 20.8. The molecule has 2 unspecified atom stereocenters. The zero-order valence-electron chi connectivity index (χ0n) is 20.8. The number of alkyl halides is 6. The van der Waals surface area contributed by atoms with Crippen molar-refractivity contribution in [1.29, 1.82) is 0 Å². The monoisotopic (exact) mass is 531 g/mol. The number of hydrogen-bond donors (Lipinski definition) is 2. The van der Waals surface area contributed by atoms with Crippen LogP contribution < -0.4 is 10.1 Å². The minimum atomic E-state index is -4.72. The predicted octanol–water partition coefficient (Wildman–Crippen LogP) is 7.51. The third kappa shape index (κ3) is 5.54. The van der Waals surface area contributed by atoms with Crippen molar-refractivity contribution >= 4 is 16.7 Å². The Labute approximate surface area is 211 Å². The van der Waals surface area contributed by atoms with Gasteiger partial charge in [-0.2, -0.15) is 26.3 Å². The molecule has 2 aliphatic carbocycles.